The van der Waals surface area contributed by atoms with E-state index in [1.165, 1.54) is 11.3 Å². The summed E-state index contributed by atoms with van der Waals surface area (Å²) in [6.45, 7) is -0.296. The summed E-state index contributed by atoms with van der Waals surface area (Å²) >= 11 is 1.42. The molecule has 0 bridgehead atoms. The molecule has 0 aliphatic rings. The Bertz CT molecular complexity index is 352. The van der Waals surface area contributed by atoms with Crippen molar-refractivity contribution in [3.63, 3.8) is 0 Å². The molecular formula is C9H12N2O4S. The van der Waals surface area contributed by atoms with E-state index in [0.717, 1.165) is 0 Å². The van der Waals surface area contributed by atoms with Gasteiger partial charge < -0.3 is 20.8 Å². The van der Waals surface area contributed by atoms with Crippen molar-refractivity contribution in [1.29, 1.82) is 0 Å². The molecule has 1 rings (SSSR count). The molecule has 6 nitrogen and oxygen atoms in total. The topological polar surface area (TPSA) is 98.7 Å². The van der Waals surface area contributed by atoms with Crippen molar-refractivity contribution in [3.05, 3.63) is 16.8 Å². The quantitative estimate of drug-likeness (QED) is 0.613. The molecule has 7 heteroatoms. The highest BCUT2D eigenvalue weighted by Gasteiger charge is 2.18. The van der Waals surface area contributed by atoms with Crippen molar-refractivity contribution < 1.29 is 19.8 Å². The molecule has 0 fully saturated rings. The number of hydrogen-bond acceptors (Lipinski definition) is 4. The number of anilines is 1. The molecule has 1 aromatic rings. The fraction of sp³-hybridized carbons (Fsp3) is 0.333. The van der Waals surface area contributed by atoms with Gasteiger partial charge in [0.25, 0.3) is 0 Å². The lowest BCUT2D eigenvalue weighted by Gasteiger charge is -2.13. The van der Waals surface area contributed by atoms with Crippen LogP contribution in [0, 0.1) is 0 Å². The van der Waals surface area contributed by atoms with Crippen molar-refractivity contribution in [2.75, 3.05) is 11.9 Å². The molecule has 1 heterocycles. The number of aliphatic hydroxyl groups is 1. The van der Waals surface area contributed by atoms with E-state index < -0.39 is 18.0 Å². The van der Waals surface area contributed by atoms with Gasteiger partial charge in [-0.15, -0.1) is 0 Å². The van der Waals surface area contributed by atoms with Gasteiger partial charge in [0.1, 0.15) is 6.04 Å². The average molecular weight is 244 g/mol. The third-order valence-electron chi connectivity index (χ3n) is 1.80. The Balaban J connectivity index is 2.45. The molecule has 1 atom stereocenters. The van der Waals surface area contributed by atoms with Gasteiger partial charge in [-0.1, -0.05) is 0 Å². The second-order valence-electron chi connectivity index (χ2n) is 3.01. The number of aliphatic carboxylic acids is 1. The van der Waals surface area contributed by atoms with Crippen LogP contribution in [0.4, 0.5) is 10.5 Å². The minimum Gasteiger partial charge on any atom is -0.480 e. The molecule has 16 heavy (non-hydrogen) atoms. The summed E-state index contributed by atoms with van der Waals surface area (Å²) in [6.07, 6.45) is -0.0214. The maximum atomic E-state index is 11.3. The number of carboxylic acids is 1. The number of thiophene rings is 1. The van der Waals surface area contributed by atoms with Gasteiger partial charge in [-0.25, -0.2) is 9.59 Å². The third kappa shape index (κ3) is 3.87. The smallest absolute Gasteiger partial charge is 0.326 e. The molecule has 0 aliphatic heterocycles. The van der Waals surface area contributed by atoms with Crippen molar-refractivity contribution >= 4 is 29.0 Å². The molecule has 0 aliphatic carbocycles. The monoisotopic (exact) mass is 244 g/mol. The van der Waals surface area contributed by atoms with Gasteiger partial charge in [-0.2, -0.15) is 11.3 Å². The van der Waals surface area contributed by atoms with Crippen molar-refractivity contribution in [3.8, 4) is 0 Å². The Hall–Kier alpha value is -1.60. The first-order valence-corrected chi connectivity index (χ1v) is 5.51. The summed E-state index contributed by atoms with van der Waals surface area (Å²) in [4.78, 5) is 22.0. The first-order chi connectivity index (χ1) is 7.63. The van der Waals surface area contributed by atoms with Gasteiger partial charge in [-0.3, -0.25) is 0 Å². The number of carbonyl (C=O) groups is 2. The van der Waals surface area contributed by atoms with E-state index in [-0.39, 0.29) is 13.0 Å². The van der Waals surface area contributed by atoms with Gasteiger partial charge in [0.2, 0.25) is 0 Å². The zero-order valence-corrected chi connectivity index (χ0v) is 9.16. The number of nitrogens with one attached hydrogen (secondary N) is 2. The predicted molar refractivity (Wildman–Crippen MR) is 59.6 cm³/mol. The van der Waals surface area contributed by atoms with Crippen LogP contribution in [0.2, 0.25) is 0 Å². The maximum Gasteiger partial charge on any atom is 0.326 e. The first kappa shape index (κ1) is 12.5. The molecule has 0 saturated heterocycles. The van der Waals surface area contributed by atoms with Crippen LogP contribution >= 0.6 is 11.3 Å². The summed E-state index contributed by atoms with van der Waals surface area (Å²) < 4.78 is 0. The highest BCUT2D eigenvalue weighted by Crippen LogP contribution is 2.11. The molecule has 2 amide bonds. The molecule has 4 N–H and O–H groups in total. The van der Waals surface area contributed by atoms with Gasteiger partial charge >= 0.3 is 12.0 Å². The highest BCUT2D eigenvalue weighted by molar-refractivity contribution is 7.08. The number of carboxylic acid groups (broad SMARTS) is 1. The maximum absolute atomic E-state index is 11.3. The van der Waals surface area contributed by atoms with Crippen LogP contribution in [0.1, 0.15) is 6.42 Å². The van der Waals surface area contributed by atoms with Gasteiger partial charge in [0.15, 0.2) is 0 Å². The van der Waals surface area contributed by atoms with Crippen LogP contribution in [0.5, 0.6) is 0 Å². The standard InChI is InChI=1S/C9H12N2O4S/c12-3-1-7(8(13)14)11-9(15)10-6-2-4-16-5-6/h2,4-5,7,12H,1,3H2,(H,13,14)(H2,10,11,15)/t7-/m0/s1. The fourth-order valence-corrected chi connectivity index (χ4v) is 1.64. The molecule has 0 spiro atoms. The number of carbonyl (C=O) groups excluding carboxylic acids is 1. The molecule has 0 saturated carbocycles. The Labute approximate surface area is 95.9 Å². The first-order valence-electron chi connectivity index (χ1n) is 4.57. The van der Waals surface area contributed by atoms with Crippen molar-refractivity contribution in [2.24, 2.45) is 0 Å². The van der Waals surface area contributed by atoms with Crippen LogP contribution in [-0.4, -0.2) is 34.9 Å². The summed E-state index contributed by atoms with van der Waals surface area (Å²) in [7, 11) is 0. The molecule has 0 aromatic carbocycles. The van der Waals surface area contributed by atoms with Gasteiger partial charge in [0.05, 0.1) is 5.69 Å². The summed E-state index contributed by atoms with van der Waals surface area (Å²) in [5.74, 6) is -1.17. The van der Waals surface area contributed by atoms with E-state index in [1.54, 1.807) is 16.8 Å². The molecular weight excluding hydrogens is 232 g/mol. The zero-order valence-electron chi connectivity index (χ0n) is 8.34. The second-order valence-corrected chi connectivity index (χ2v) is 3.79. The zero-order chi connectivity index (χ0) is 12.0. The number of amides is 2. The van der Waals surface area contributed by atoms with Gasteiger partial charge in [0, 0.05) is 18.4 Å². The fourth-order valence-electron chi connectivity index (χ4n) is 1.05. The number of hydrogen-bond donors (Lipinski definition) is 4. The minimum absolute atomic E-state index is 0.0214. The molecule has 88 valence electrons. The second kappa shape index (κ2) is 6.09. The average Bonchev–Trinajstić information content (AvgIpc) is 2.69. The van der Waals surface area contributed by atoms with Crippen molar-refractivity contribution in [2.45, 2.75) is 12.5 Å². The Kier molecular flexibility index (Phi) is 4.74. The summed E-state index contributed by atoms with van der Waals surface area (Å²) in [5.41, 5.74) is 0.607. The summed E-state index contributed by atoms with van der Waals surface area (Å²) in [6, 6.07) is 0.0226. The third-order valence-corrected chi connectivity index (χ3v) is 2.48. The Morgan fingerprint density at radius 3 is 2.75 bits per heavy atom. The Morgan fingerprint density at radius 1 is 1.50 bits per heavy atom. The van der Waals surface area contributed by atoms with Crippen molar-refractivity contribution in [1.82, 2.24) is 5.32 Å². The largest absolute Gasteiger partial charge is 0.480 e. The number of aliphatic hydroxyl groups excluding tert-OH is 1. The van der Waals surface area contributed by atoms with E-state index in [2.05, 4.69) is 10.6 Å². The van der Waals surface area contributed by atoms with Gasteiger partial charge in [-0.05, 0) is 11.4 Å². The highest BCUT2D eigenvalue weighted by atomic mass is 32.1. The minimum atomic E-state index is -1.17. The lowest BCUT2D eigenvalue weighted by atomic mass is 10.2. The lowest BCUT2D eigenvalue weighted by molar-refractivity contribution is -0.139. The molecule has 0 radical (unpaired) electrons. The van der Waals surface area contributed by atoms with E-state index in [1.807, 2.05) is 0 Å². The van der Waals surface area contributed by atoms with E-state index >= 15 is 0 Å². The van der Waals surface area contributed by atoms with Crippen LogP contribution in [0.15, 0.2) is 16.8 Å². The van der Waals surface area contributed by atoms with Crippen LogP contribution in [-0.2, 0) is 4.79 Å². The molecule has 1 aromatic heterocycles. The molecule has 0 unspecified atom stereocenters. The number of rotatable bonds is 5. The van der Waals surface area contributed by atoms with E-state index in [9.17, 15) is 9.59 Å². The van der Waals surface area contributed by atoms with Crippen LogP contribution in [0.25, 0.3) is 0 Å². The lowest BCUT2D eigenvalue weighted by Crippen LogP contribution is -2.43. The normalized spacial score (nSPS) is 11.8. The summed E-state index contributed by atoms with van der Waals surface area (Å²) in [5, 5.41) is 25.6. The van der Waals surface area contributed by atoms with E-state index in [4.69, 9.17) is 10.2 Å². The SMILES string of the molecule is O=C(Nc1ccsc1)N[C@@H](CCO)C(=O)O. The number of urea groups is 1. The van der Waals surface area contributed by atoms with E-state index in [0.29, 0.717) is 5.69 Å². The predicted octanol–water partition coefficient (Wildman–Crippen LogP) is 0.705. The van der Waals surface area contributed by atoms with Crippen LogP contribution < -0.4 is 10.6 Å². The Morgan fingerprint density at radius 2 is 2.25 bits per heavy atom. The van der Waals surface area contributed by atoms with Crippen LogP contribution in [0.3, 0.4) is 0 Å².